The smallest absolute Gasteiger partial charge is 0.312 e. The molecule has 5 N–H and O–H groups in total. The Balaban J connectivity index is 1.94. The Bertz CT molecular complexity index is 2040. The lowest BCUT2D eigenvalue weighted by Crippen LogP contribution is -2.46. The standard InChI is InChI=1S/C44H61N3O13/c1-13-47(14-2)46(11)32(49)21-57-31-20-29-39(53)34-33(31)35-41(27(8)38(34)52)60-44(10,42(35)54)58-19-18-30(56-12)24(5)40(59-28(9)48)26(7)37(51)25(6)36(50)22(3)16-15-17-23(4)43(55)45-29/h15-20,22,24-26,30,36-37,40,50-53H,13-14,21H2,1-12H3,(H,45,55)/b16-15-,19-18-,23-17-. The van der Waals surface area contributed by atoms with Crippen LogP contribution in [0, 0.1) is 30.6 Å². The Kier molecular flexibility index (Phi) is 15.4. The molecule has 9 unspecified atom stereocenters. The first-order valence-electron chi connectivity index (χ1n) is 20.2. The number of aliphatic hydroxyl groups is 2. The molecule has 0 aliphatic carbocycles. The second-order valence-electron chi connectivity index (χ2n) is 15.7. The molecule has 5 rings (SSSR count). The third-order valence-electron chi connectivity index (χ3n) is 11.7. The number of esters is 1. The number of carbonyl (C=O) groups excluding carboxylic acids is 4. The summed E-state index contributed by atoms with van der Waals surface area (Å²) < 4.78 is 29.8. The molecule has 16 heteroatoms. The van der Waals surface area contributed by atoms with Crippen LogP contribution in [0.25, 0.3) is 10.8 Å². The second-order valence-corrected chi connectivity index (χ2v) is 15.7. The molecule has 60 heavy (non-hydrogen) atoms. The summed E-state index contributed by atoms with van der Waals surface area (Å²) in [5.41, 5.74) is -0.0401. The lowest BCUT2D eigenvalue weighted by Gasteiger charge is -2.38. The Morgan fingerprint density at radius 1 is 0.950 bits per heavy atom. The van der Waals surface area contributed by atoms with E-state index in [0.29, 0.717) is 13.1 Å². The number of anilines is 1. The highest BCUT2D eigenvalue weighted by atomic mass is 16.7. The van der Waals surface area contributed by atoms with Crippen molar-refractivity contribution in [2.75, 3.05) is 39.2 Å². The number of benzene rings is 2. The molecular formula is C44H61N3O13. The van der Waals surface area contributed by atoms with Crippen LogP contribution in [0.1, 0.15) is 78.2 Å². The summed E-state index contributed by atoms with van der Waals surface area (Å²) in [6.07, 6.45) is 3.57. The van der Waals surface area contributed by atoms with Crippen LogP contribution < -0.4 is 14.8 Å². The fraction of sp³-hybridized carbons (Fsp3) is 0.545. The van der Waals surface area contributed by atoms with Gasteiger partial charge in [-0.05, 0) is 19.9 Å². The molecule has 0 aromatic heterocycles. The summed E-state index contributed by atoms with van der Waals surface area (Å²) in [5.74, 6) is -8.18. The van der Waals surface area contributed by atoms with Crippen LogP contribution in [-0.2, 0) is 28.6 Å². The van der Waals surface area contributed by atoms with E-state index >= 15 is 0 Å². The predicted molar refractivity (Wildman–Crippen MR) is 223 cm³/mol. The Hall–Kier alpha value is -5.16. The van der Waals surface area contributed by atoms with Gasteiger partial charge in [0.25, 0.3) is 17.6 Å². The molecule has 3 aliphatic rings. The van der Waals surface area contributed by atoms with Crippen LogP contribution in [0.5, 0.6) is 23.0 Å². The number of aromatic hydroxyl groups is 2. The van der Waals surface area contributed by atoms with Crippen LogP contribution >= 0.6 is 0 Å². The number of carbonyl (C=O) groups is 4. The molecule has 16 nitrogen and oxygen atoms in total. The maximum Gasteiger partial charge on any atom is 0.312 e. The molecule has 2 amide bonds. The van der Waals surface area contributed by atoms with Crippen LogP contribution in [0.3, 0.4) is 0 Å². The number of hydrogen-bond donors (Lipinski definition) is 5. The van der Waals surface area contributed by atoms with Gasteiger partial charge in [0.2, 0.25) is 0 Å². The van der Waals surface area contributed by atoms with Crippen molar-refractivity contribution in [2.45, 2.75) is 99.4 Å². The number of fused-ring (bicyclic) bond motifs is 14. The van der Waals surface area contributed by atoms with Gasteiger partial charge in [-0.3, -0.25) is 24.2 Å². The number of hydrogen-bond acceptors (Lipinski definition) is 14. The van der Waals surface area contributed by atoms with Crippen LogP contribution in [0.15, 0.2) is 42.2 Å². The molecule has 2 aromatic carbocycles. The third kappa shape index (κ3) is 9.57. The zero-order valence-electron chi connectivity index (χ0n) is 36.6. The minimum Gasteiger partial charge on any atom is -0.507 e. The summed E-state index contributed by atoms with van der Waals surface area (Å²) in [7, 11) is 3.03. The largest absolute Gasteiger partial charge is 0.507 e. The second kappa shape index (κ2) is 19.5. The number of phenols is 2. The molecule has 0 spiro atoms. The number of phenolic OH excluding ortho intramolecular Hbond substituents is 2. The van der Waals surface area contributed by atoms with Crippen LogP contribution in [-0.4, -0.2) is 118 Å². The van der Waals surface area contributed by atoms with Gasteiger partial charge in [0.15, 0.2) is 12.4 Å². The number of nitrogens with one attached hydrogen (secondary N) is 1. The van der Waals surface area contributed by atoms with Crippen molar-refractivity contribution in [3.8, 4) is 23.0 Å². The van der Waals surface area contributed by atoms with E-state index in [-0.39, 0.29) is 44.7 Å². The average molecular weight is 840 g/mol. The molecule has 0 saturated carbocycles. The fourth-order valence-corrected chi connectivity index (χ4v) is 7.79. The van der Waals surface area contributed by atoms with E-state index in [1.807, 2.05) is 13.8 Å². The normalized spacial score (nSPS) is 29.6. The van der Waals surface area contributed by atoms with Gasteiger partial charge in [-0.15, -0.1) is 0 Å². The van der Waals surface area contributed by atoms with E-state index in [1.54, 1.807) is 51.9 Å². The number of ketones is 1. The van der Waals surface area contributed by atoms with Gasteiger partial charge in [0, 0.05) is 87.4 Å². The van der Waals surface area contributed by atoms with Gasteiger partial charge in [0.05, 0.1) is 41.2 Å². The number of ether oxygens (including phenoxy) is 5. The maximum absolute atomic E-state index is 14.5. The monoisotopic (exact) mass is 839 g/mol. The Labute approximate surface area is 351 Å². The highest BCUT2D eigenvalue weighted by Gasteiger charge is 2.50. The number of methoxy groups -OCH3 is 1. The number of Topliss-reactive ketones (excluding diaryl/α,β-unsaturated/α-hetero) is 1. The average Bonchev–Trinajstić information content (AvgIpc) is 3.48. The molecular weight excluding hydrogens is 778 g/mol. The number of likely N-dealkylation sites (N-methyl/N-ethyl adjacent to an activating group) is 1. The van der Waals surface area contributed by atoms with Gasteiger partial charge < -0.3 is 49.4 Å². The van der Waals surface area contributed by atoms with Crippen molar-refractivity contribution in [1.29, 1.82) is 0 Å². The molecule has 2 aromatic rings. The van der Waals surface area contributed by atoms with Gasteiger partial charge in [-0.2, -0.15) is 0 Å². The predicted octanol–water partition coefficient (Wildman–Crippen LogP) is 5.14. The zero-order chi connectivity index (χ0) is 45.0. The molecule has 3 heterocycles. The maximum atomic E-state index is 14.5. The quantitative estimate of drug-likeness (QED) is 0.132. The highest BCUT2D eigenvalue weighted by molar-refractivity contribution is 6.21. The van der Waals surface area contributed by atoms with E-state index in [2.05, 4.69) is 5.32 Å². The number of aliphatic hydroxyl groups excluding tert-OH is 2. The summed E-state index contributed by atoms with van der Waals surface area (Å²) in [4.78, 5) is 53.8. The van der Waals surface area contributed by atoms with E-state index in [9.17, 15) is 39.6 Å². The van der Waals surface area contributed by atoms with E-state index in [4.69, 9.17) is 23.7 Å². The molecule has 330 valence electrons. The van der Waals surface area contributed by atoms with Gasteiger partial charge in [-0.1, -0.05) is 59.8 Å². The van der Waals surface area contributed by atoms with Crippen molar-refractivity contribution < 1.29 is 63.3 Å². The molecule has 0 radical (unpaired) electrons. The molecule has 5 bridgehead atoms. The van der Waals surface area contributed by atoms with Crippen molar-refractivity contribution in [3.63, 3.8) is 0 Å². The number of amides is 2. The van der Waals surface area contributed by atoms with E-state index in [0.717, 1.165) is 0 Å². The first-order chi connectivity index (χ1) is 28.1. The molecule has 3 aliphatic heterocycles. The summed E-state index contributed by atoms with van der Waals surface area (Å²) in [6.45, 7) is 16.9. The highest BCUT2D eigenvalue weighted by Crippen LogP contribution is 2.54. The Morgan fingerprint density at radius 3 is 2.20 bits per heavy atom. The topological polar surface area (TPSA) is 214 Å². The van der Waals surface area contributed by atoms with Crippen LogP contribution in [0.2, 0.25) is 0 Å². The Morgan fingerprint density at radius 2 is 1.60 bits per heavy atom. The van der Waals surface area contributed by atoms with Crippen molar-refractivity contribution in [1.82, 2.24) is 10.0 Å². The lowest BCUT2D eigenvalue weighted by molar-refractivity contribution is -0.160. The molecule has 0 fully saturated rings. The minimum atomic E-state index is -2.03. The van der Waals surface area contributed by atoms with Crippen molar-refractivity contribution in [2.24, 2.45) is 23.7 Å². The third-order valence-corrected chi connectivity index (χ3v) is 11.7. The number of hydrazine groups is 1. The lowest BCUT2D eigenvalue weighted by atomic mass is 9.78. The van der Waals surface area contributed by atoms with Gasteiger partial charge >= 0.3 is 11.8 Å². The summed E-state index contributed by atoms with van der Waals surface area (Å²) in [5, 5.41) is 51.7. The van der Waals surface area contributed by atoms with E-state index < -0.39 is 95.5 Å². The minimum absolute atomic E-state index is 0.0652. The summed E-state index contributed by atoms with van der Waals surface area (Å²) in [6, 6.07) is 1.26. The number of allylic oxidation sites excluding steroid dienone is 2. The zero-order valence-corrected chi connectivity index (χ0v) is 36.6. The SMILES string of the molecule is CCN(CC)N(C)C(=O)COc1cc2c(O)c3c(O)c(C)c4c(c13)C(=O)C(C)(O/C=C\C(OC)C(C)C(OC(C)=O)C(C)C(O)C(C)C(O)C(C)/C=C\C=C(\C)C(=O)N2)O4. The molecule has 0 saturated heterocycles. The van der Waals surface area contributed by atoms with E-state index in [1.165, 1.54) is 64.3 Å². The number of rotatable bonds is 8. The summed E-state index contributed by atoms with van der Waals surface area (Å²) >= 11 is 0. The van der Waals surface area contributed by atoms with Crippen molar-refractivity contribution in [3.05, 3.63) is 53.3 Å². The first kappa shape index (κ1) is 47.5. The van der Waals surface area contributed by atoms with Crippen molar-refractivity contribution >= 4 is 40.0 Å². The number of nitrogens with zero attached hydrogens (tertiary/aromatic N) is 2. The van der Waals surface area contributed by atoms with Gasteiger partial charge in [-0.25, -0.2) is 5.01 Å². The first-order valence-corrected chi connectivity index (χ1v) is 20.2. The van der Waals surface area contributed by atoms with Gasteiger partial charge in [0.1, 0.15) is 23.4 Å². The fourth-order valence-electron chi connectivity index (χ4n) is 7.79. The van der Waals surface area contributed by atoms with Crippen LogP contribution in [0.4, 0.5) is 5.69 Å². The molecule has 9 atom stereocenters.